The molecule has 26 heavy (non-hydrogen) atoms. The molecule has 2 aromatic carbocycles. The van der Waals surface area contributed by atoms with Crippen LogP contribution in [0.2, 0.25) is 0 Å². The molecule has 1 amide bonds. The Kier molecular flexibility index (Phi) is 5.37. The average molecular weight is 374 g/mol. The Bertz CT molecular complexity index is 1020. The maximum atomic E-state index is 13.5. The largest absolute Gasteiger partial charge is 0.497 e. The van der Waals surface area contributed by atoms with Gasteiger partial charge >= 0.3 is 0 Å². The third-order valence-electron chi connectivity index (χ3n) is 4.02. The number of ether oxygens (including phenoxy) is 2. The van der Waals surface area contributed by atoms with E-state index in [1.807, 2.05) is 11.5 Å². The first-order valence-electron chi connectivity index (χ1n) is 8.13. The maximum Gasteiger partial charge on any atom is 0.252 e. The van der Waals surface area contributed by atoms with Gasteiger partial charge in [-0.3, -0.25) is 4.79 Å². The van der Waals surface area contributed by atoms with Crippen molar-refractivity contribution in [2.24, 2.45) is 4.99 Å². The normalized spacial score (nSPS) is 11.8. The van der Waals surface area contributed by atoms with Crippen LogP contribution in [0.15, 0.2) is 41.4 Å². The van der Waals surface area contributed by atoms with Crippen molar-refractivity contribution < 1.29 is 18.7 Å². The molecule has 0 aliphatic rings. The summed E-state index contributed by atoms with van der Waals surface area (Å²) in [5.41, 5.74) is 1.60. The van der Waals surface area contributed by atoms with Gasteiger partial charge in [0.05, 0.1) is 30.9 Å². The standard InChI is InChI=1S/C19H19FN2O3S/c1-4-22-15-8-6-13(20)10-17(15)26-19(22)21-18(23)9-12-5-7-14(24-2)11-16(12)25-3/h5-8,10-11H,4,9H2,1-3H3. The second kappa shape index (κ2) is 7.70. The first-order chi connectivity index (χ1) is 12.5. The van der Waals surface area contributed by atoms with Crippen LogP contribution in [0.4, 0.5) is 4.39 Å². The molecular weight excluding hydrogens is 355 g/mol. The number of aryl methyl sites for hydroxylation is 1. The molecule has 5 nitrogen and oxygen atoms in total. The number of amides is 1. The number of thiazole rings is 1. The highest BCUT2D eigenvalue weighted by atomic mass is 32.1. The minimum absolute atomic E-state index is 0.111. The van der Waals surface area contributed by atoms with E-state index in [-0.39, 0.29) is 18.1 Å². The molecular formula is C19H19FN2O3S. The van der Waals surface area contributed by atoms with E-state index in [4.69, 9.17) is 9.47 Å². The molecule has 0 fully saturated rings. The van der Waals surface area contributed by atoms with E-state index in [0.717, 1.165) is 15.8 Å². The van der Waals surface area contributed by atoms with Crippen LogP contribution in [0, 0.1) is 5.82 Å². The third kappa shape index (κ3) is 3.62. The predicted molar refractivity (Wildman–Crippen MR) is 99.3 cm³/mol. The van der Waals surface area contributed by atoms with Gasteiger partial charge in [0.25, 0.3) is 5.91 Å². The highest BCUT2D eigenvalue weighted by molar-refractivity contribution is 7.16. The molecule has 1 heterocycles. The van der Waals surface area contributed by atoms with Crippen molar-refractivity contribution in [1.82, 2.24) is 4.57 Å². The highest BCUT2D eigenvalue weighted by Crippen LogP contribution is 2.25. The van der Waals surface area contributed by atoms with Gasteiger partial charge in [0.1, 0.15) is 17.3 Å². The summed E-state index contributed by atoms with van der Waals surface area (Å²) in [6, 6.07) is 9.88. The number of fused-ring (bicyclic) bond motifs is 1. The first-order valence-corrected chi connectivity index (χ1v) is 8.94. The second-order valence-corrected chi connectivity index (χ2v) is 6.61. The zero-order valence-corrected chi connectivity index (χ0v) is 15.6. The van der Waals surface area contributed by atoms with E-state index >= 15 is 0 Å². The number of nitrogens with zero attached hydrogens (tertiary/aromatic N) is 2. The van der Waals surface area contributed by atoms with Crippen LogP contribution in [-0.4, -0.2) is 24.7 Å². The first kappa shape index (κ1) is 18.1. The lowest BCUT2D eigenvalue weighted by Crippen LogP contribution is -2.16. The number of hydrogen-bond acceptors (Lipinski definition) is 4. The number of aromatic nitrogens is 1. The summed E-state index contributed by atoms with van der Waals surface area (Å²) in [4.78, 5) is 17.3. The Morgan fingerprint density at radius 2 is 2.00 bits per heavy atom. The van der Waals surface area contributed by atoms with Gasteiger partial charge in [0.15, 0.2) is 4.80 Å². The molecule has 0 aliphatic carbocycles. The van der Waals surface area contributed by atoms with Crippen LogP contribution in [0.25, 0.3) is 10.2 Å². The van der Waals surface area contributed by atoms with E-state index in [1.54, 1.807) is 38.5 Å². The van der Waals surface area contributed by atoms with Crippen molar-refractivity contribution in [1.29, 1.82) is 0 Å². The fourth-order valence-corrected chi connectivity index (χ4v) is 3.88. The molecule has 1 aromatic heterocycles. The Morgan fingerprint density at radius 1 is 1.19 bits per heavy atom. The minimum atomic E-state index is -0.303. The number of carbonyl (C=O) groups excluding carboxylic acids is 1. The van der Waals surface area contributed by atoms with Crippen molar-refractivity contribution in [3.8, 4) is 11.5 Å². The van der Waals surface area contributed by atoms with Crippen LogP contribution in [0.1, 0.15) is 12.5 Å². The van der Waals surface area contributed by atoms with E-state index in [9.17, 15) is 9.18 Å². The summed E-state index contributed by atoms with van der Waals surface area (Å²) in [5, 5.41) is 0. The van der Waals surface area contributed by atoms with Crippen LogP contribution in [-0.2, 0) is 17.8 Å². The van der Waals surface area contributed by atoms with Gasteiger partial charge in [0.2, 0.25) is 0 Å². The number of hydrogen-bond donors (Lipinski definition) is 0. The van der Waals surface area contributed by atoms with Crippen molar-refractivity contribution >= 4 is 27.5 Å². The van der Waals surface area contributed by atoms with Gasteiger partial charge in [-0.2, -0.15) is 4.99 Å². The van der Waals surface area contributed by atoms with Crippen molar-refractivity contribution in [3.05, 3.63) is 52.6 Å². The van der Waals surface area contributed by atoms with Gasteiger partial charge in [-0.25, -0.2) is 4.39 Å². The molecule has 136 valence electrons. The summed E-state index contributed by atoms with van der Waals surface area (Å²) in [5.74, 6) is 0.644. The lowest BCUT2D eigenvalue weighted by molar-refractivity contribution is -0.117. The Hall–Kier alpha value is -2.67. The van der Waals surface area contributed by atoms with Crippen LogP contribution >= 0.6 is 11.3 Å². The zero-order valence-electron chi connectivity index (χ0n) is 14.8. The summed E-state index contributed by atoms with van der Waals surface area (Å²) in [7, 11) is 3.12. The van der Waals surface area contributed by atoms with E-state index < -0.39 is 0 Å². The number of rotatable bonds is 5. The number of methoxy groups -OCH3 is 2. The smallest absolute Gasteiger partial charge is 0.252 e. The zero-order chi connectivity index (χ0) is 18.7. The lowest BCUT2D eigenvalue weighted by Gasteiger charge is -2.08. The van der Waals surface area contributed by atoms with E-state index in [1.165, 1.54) is 23.5 Å². The van der Waals surface area contributed by atoms with Crippen LogP contribution in [0.5, 0.6) is 11.5 Å². The summed E-state index contributed by atoms with van der Waals surface area (Å²) in [6.07, 6.45) is 0.111. The summed E-state index contributed by atoms with van der Waals surface area (Å²) in [6.45, 7) is 2.61. The molecule has 0 atom stereocenters. The maximum absolute atomic E-state index is 13.5. The quantitative estimate of drug-likeness (QED) is 0.686. The number of carbonyl (C=O) groups is 1. The Morgan fingerprint density at radius 3 is 2.69 bits per heavy atom. The molecule has 0 spiro atoms. The van der Waals surface area contributed by atoms with Gasteiger partial charge < -0.3 is 14.0 Å². The fourth-order valence-electron chi connectivity index (χ4n) is 2.75. The van der Waals surface area contributed by atoms with Gasteiger partial charge in [-0.05, 0) is 31.2 Å². The van der Waals surface area contributed by atoms with Crippen LogP contribution < -0.4 is 14.3 Å². The predicted octanol–water partition coefficient (Wildman–Crippen LogP) is 3.55. The van der Waals surface area contributed by atoms with Crippen molar-refractivity contribution in [2.75, 3.05) is 14.2 Å². The molecule has 0 N–H and O–H groups in total. The monoisotopic (exact) mass is 374 g/mol. The molecule has 3 aromatic rings. The van der Waals surface area contributed by atoms with E-state index in [0.29, 0.717) is 22.8 Å². The molecule has 0 saturated carbocycles. The second-order valence-electron chi connectivity index (χ2n) is 5.60. The van der Waals surface area contributed by atoms with Crippen LogP contribution in [0.3, 0.4) is 0 Å². The number of benzene rings is 2. The molecule has 0 radical (unpaired) electrons. The van der Waals surface area contributed by atoms with Gasteiger partial charge in [-0.1, -0.05) is 17.4 Å². The summed E-state index contributed by atoms with van der Waals surface area (Å²) < 4.78 is 26.6. The molecule has 3 rings (SSSR count). The topological polar surface area (TPSA) is 52.8 Å². The lowest BCUT2D eigenvalue weighted by atomic mass is 10.1. The molecule has 0 aliphatic heterocycles. The minimum Gasteiger partial charge on any atom is -0.497 e. The van der Waals surface area contributed by atoms with E-state index in [2.05, 4.69) is 4.99 Å². The molecule has 0 bridgehead atoms. The third-order valence-corrected chi connectivity index (χ3v) is 5.06. The van der Waals surface area contributed by atoms with Crippen molar-refractivity contribution in [2.45, 2.75) is 19.9 Å². The summed E-state index contributed by atoms with van der Waals surface area (Å²) >= 11 is 1.30. The van der Waals surface area contributed by atoms with Crippen molar-refractivity contribution in [3.63, 3.8) is 0 Å². The average Bonchev–Trinajstić information content (AvgIpc) is 2.97. The molecule has 0 saturated heterocycles. The van der Waals surface area contributed by atoms with Gasteiger partial charge in [-0.15, -0.1) is 0 Å². The Balaban J connectivity index is 1.95. The van der Waals surface area contributed by atoms with Gasteiger partial charge in [0, 0.05) is 18.2 Å². The number of halogens is 1. The molecule has 0 unspecified atom stereocenters. The molecule has 7 heteroatoms. The fraction of sp³-hybridized carbons (Fsp3) is 0.263. The Labute approximate surface area is 154 Å². The highest BCUT2D eigenvalue weighted by Gasteiger charge is 2.11. The SMILES string of the molecule is CCn1c(=NC(=O)Cc2ccc(OC)cc2OC)sc2cc(F)ccc21.